The molecule has 2 aromatic rings. The van der Waals surface area contributed by atoms with Gasteiger partial charge in [0.05, 0.1) is 16.3 Å². The standard InChI is InChI=1S/C17H19NO3S/c1-13-4-7-16(8-5-13)22(20,21)12-14-3-2-10-18-15(11-19)6-9-17(14)18/h4-9,11,14H,2-3,10,12H2,1H3. The van der Waals surface area contributed by atoms with Crippen molar-refractivity contribution < 1.29 is 13.2 Å². The third kappa shape index (κ3) is 2.73. The number of hydrogen-bond donors (Lipinski definition) is 0. The van der Waals surface area contributed by atoms with Gasteiger partial charge in [-0.15, -0.1) is 0 Å². The molecule has 0 aliphatic carbocycles. The summed E-state index contributed by atoms with van der Waals surface area (Å²) in [4.78, 5) is 11.4. The first kappa shape index (κ1) is 15.0. The number of carbonyl (C=O) groups excluding carboxylic acids is 1. The van der Waals surface area contributed by atoms with Gasteiger partial charge in [-0.05, 0) is 44.0 Å². The SMILES string of the molecule is Cc1ccc(S(=O)(=O)CC2CCCn3c(C=O)ccc32)cc1. The molecular formula is C17H19NO3S. The van der Waals surface area contributed by atoms with E-state index in [1.165, 1.54) is 0 Å². The molecule has 1 unspecified atom stereocenters. The summed E-state index contributed by atoms with van der Waals surface area (Å²) >= 11 is 0. The molecule has 22 heavy (non-hydrogen) atoms. The Balaban J connectivity index is 1.89. The van der Waals surface area contributed by atoms with Crippen LogP contribution in [0.25, 0.3) is 0 Å². The Morgan fingerprint density at radius 2 is 1.91 bits per heavy atom. The van der Waals surface area contributed by atoms with Crippen molar-refractivity contribution in [3.63, 3.8) is 0 Å². The van der Waals surface area contributed by atoms with Crippen LogP contribution in [0.5, 0.6) is 0 Å². The number of aromatic nitrogens is 1. The largest absolute Gasteiger partial charge is 0.342 e. The van der Waals surface area contributed by atoms with Gasteiger partial charge < -0.3 is 4.57 Å². The predicted octanol–water partition coefficient (Wildman–Crippen LogP) is 2.96. The van der Waals surface area contributed by atoms with Crippen LogP contribution in [0.3, 0.4) is 0 Å². The lowest BCUT2D eigenvalue weighted by atomic mass is 9.98. The molecule has 0 N–H and O–H groups in total. The molecule has 1 aliphatic heterocycles. The van der Waals surface area contributed by atoms with Crippen molar-refractivity contribution in [2.24, 2.45) is 0 Å². The van der Waals surface area contributed by atoms with Crippen LogP contribution in [0, 0.1) is 6.92 Å². The first-order valence-electron chi connectivity index (χ1n) is 7.45. The van der Waals surface area contributed by atoms with Gasteiger partial charge in [0.15, 0.2) is 16.1 Å². The Kier molecular flexibility index (Phi) is 3.91. The maximum Gasteiger partial charge on any atom is 0.179 e. The van der Waals surface area contributed by atoms with E-state index in [1.807, 2.05) is 29.7 Å². The highest BCUT2D eigenvalue weighted by Gasteiger charge is 2.28. The Hall–Kier alpha value is -1.88. The van der Waals surface area contributed by atoms with E-state index in [9.17, 15) is 13.2 Å². The van der Waals surface area contributed by atoms with Crippen molar-refractivity contribution in [1.29, 1.82) is 0 Å². The lowest BCUT2D eigenvalue weighted by Gasteiger charge is -2.25. The quantitative estimate of drug-likeness (QED) is 0.815. The van der Waals surface area contributed by atoms with Gasteiger partial charge in [0.1, 0.15) is 0 Å². The van der Waals surface area contributed by atoms with Gasteiger partial charge in [-0.1, -0.05) is 17.7 Å². The normalized spacial score (nSPS) is 18.0. The highest BCUT2D eigenvalue weighted by molar-refractivity contribution is 7.91. The predicted molar refractivity (Wildman–Crippen MR) is 85.0 cm³/mol. The number of sulfone groups is 1. The molecule has 0 saturated carbocycles. The Labute approximate surface area is 130 Å². The fraction of sp³-hybridized carbons (Fsp3) is 0.353. The first-order valence-corrected chi connectivity index (χ1v) is 9.10. The second kappa shape index (κ2) is 5.72. The van der Waals surface area contributed by atoms with Crippen molar-refractivity contribution in [2.45, 2.75) is 37.1 Å². The molecular weight excluding hydrogens is 298 g/mol. The number of rotatable bonds is 4. The number of benzene rings is 1. The first-order chi connectivity index (χ1) is 10.5. The van der Waals surface area contributed by atoms with Crippen LogP contribution in [0.2, 0.25) is 0 Å². The summed E-state index contributed by atoms with van der Waals surface area (Å²) in [5.41, 5.74) is 2.64. The van der Waals surface area contributed by atoms with E-state index in [1.54, 1.807) is 18.2 Å². The molecule has 1 atom stereocenters. The third-order valence-electron chi connectivity index (χ3n) is 4.32. The molecule has 3 rings (SSSR count). The molecule has 1 aromatic carbocycles. The van der Waals surface area contributed by atoms with Gasteiger partial charge in [-0.3, -0.25) is 4.79 Å². The average Bonchev–Trinajstić information content (AvgIpc) is 2.91. The van der Waals surface area contributed by atoms with E-state index < -0.39 is 9.84 Å². The minimum absolute atomic E-state index is 0.0475. The Bertz CT molecular complexity index is 788. The number of carbonyl (C=O) groups is 1. The summed E-state index contributed by atoms with van der Waals surface area (Å²) in [6.45, 7) is 2.73. The lowest BCUT2D eigenvalue weighted by molar-refractivity contribution is 0.111. The average molecular weight is 317 g/mol. The van der Waals surface area contributed by atoms with E-state index >= 15 is 0 Å². The summed E-state index contributed by atoms with van der Waals surface area (Å²) in [7, 11) is -3.32. The Morgan fingerprint density at radius 3 is 2.59 bits per heavy atom. The van der Waals surface area contributed by atoms with Gasteiger partial charge in [0.25, 0.3) is 0 Å². The molecule has 1 aromatic heterocycles. The fourth-order valence-corrected chi connectivity index (χ4v) is 4.75. The van der Waals surface area contributed by atoms with Crippen molar-refractivity contribution in [3.8, 4) is 0 Å². The van der Waals surface area contributed by atoms with E-state index in [2.05, 4.69) is 0 Å². The van der Waals surface area contributed by atoms with Crippen molar-refractivity contribution in [2.75, 3.05) is 5.75 Å². The van der Waals surface area contributed by atoms with Crippen LogP contribution in [0.1, 0.15) is 40.5 Å². The van der Waals surface area contributed by atoms with Crippen LogP contribution in [0.4, 0.5) is 0 Å². The minimum Gasteiger partial charge on any atom is -0.342 e. The van der Waals surface area contributed by atoms with Gasteiger partial charge in [0, 0.05) is 18.2 Å². The highest BCUT2D eigenvalue weighted by atomic mass is 32.2. The fourth-order valence-electron chi connectivity index (χ4n) is 3.14. The molecule has 0 amide bonds. The molecule has 0 spiro atoms. The van der Waals surface area contributed by atoms with Crippen molar-refractivity contribution in [1.82, 2.24) is 4.57 Å². The lowest BCUT2D eigenvalue weighted by Crippen LogP contribution is -2.23. The van der Waals surface area contributed by atoms with E-state index in [-0.39, 0.29) is 11.7 Å². The zero-order chi connectivity index (χ0) is 15.7. The Morgan fingerprint density at radius 1 is 1.18 bits per heavy atom. The maximum absolute atomic E-state index is 12.6. The van der Waals surface area contributed by atoms with Crippen LogP contribution in [0.15, 0.2) is 41.3 Å². The van der Waals surface area contributed by atoms with Crippen molar-refractivity contribution >= 4 is 16.1 Å². The molecule has 4 nitrogen and oxygen atoms in total. The van der Waals surface area contributed by atoms with Crippen LogP contribution in [-0.4, -0.2) is 25.0 Å². The van der Waals surface area contributed by atoms with Crippen LogP contribution in [-0.2, 0) is 16.4 Å². The van der Waals surface area contributed by atoms with Gasteiger partial charge in [0.2, 0.25) is 0 Å². The molecule has 5 heteroatoms. The van der Waals surface area contributed by atoms with Crippen LogP contribution >= 0.6 is 0 Å². The summed E-state index contributed by atoms with van der Waals surface area (Å²) < 4.78 is 27.2. The number of hydrogen-bond acceptors (Lipinski definition) is 3. The highest BCUT2D eigenvalue weighted by Crippen LogP contribution is 2.31. The monoisotopic (exact) mass is 317 g/mol. The summed E-state index contributed by atoms with van der Waals surface area (Å²) in [6, 6.07) is 10.6. The topological polar surface area (TPSA) is 56.1 Å². The summed E-state index contributed by atoms with van der Waals surface area (Å²) in [5.74, 6) is 0.0482. The second-order valence-electron chi connectivity index (χ2n) is 5.89. The molecule has 116 valence electrons. The van der Waals surface area contributed by atoms with E-state index in [4.69, 9.17) is 0 Å². The van der Waals surface area contributed by atoms with Crippen LogP contribution < -0.4 is 0 Å². The molecule has 0 radical (unpaired) electrons. The van der Waals surface area contributed by atoms with Gasteiger partial charge in [-0.25, -0.2) is 8.42 Å². The number of aryl methyl sites for hydroxylation is 1. The molecule has 0 saturated heterocycles. The van der Waals surface area contributed by atoms with E-state index in [0.29, 0.717) is 10.6 Å². The maximum atomic E-state index is 12.6. The number of fused-ring (bicyclic) bond motifs is 1. The van der Waals surface area contributed by atoms with Gasteiger partial charge in [-0.2, -0.15) is 0 Å². The minimum atomic E-state index is -3.32. The zero-order valence-corrected chi connectivity index (χ0v) is 13.3. The molecule has 1 aliphatic rings. The van der Waals surface area contributed by atoms with E-state index in [0.717, 1.165) is 36.9 Å². The van der Waals surface area contributed by atoms with Crippen molar-refractivity contribution in [3.05, 3.63) is 53.3 Å². The number of nitrogens with zero attached hydrogens (tertiary/aromatic N) is 1. The second-order valence-corrected chi connectivity index (χ2v) is 7.92. The summed E-state index contributed by atoms with van der Waals surface area (Å²) in [6.07, 6.45) is 2.57. The number of aldehydes is 1. The summed E-state index contributed by atoms with van der Waals surface area (Å²) in [5, 5.41) is 0. The smallest absolute Gasteiger partial charge is 0.179 e. The molecule has 2 heterocycles. The molecule has 0 fully saturated rings. The van der Waals surface area contributed by atoms with Gasteiger partial charge >= 0.3 is 0 Å². The third-order valence-corrected chi connectivity index (χ3v) is 6.15. The molecule has 0 bridgehead atoms. The zero-order valence-electron chi connectivity index (χ0n) is 12.5.